The van der Waals surface area contributed by atoms with E-state index in [1.54, 1.807) is 4.68 Å². The van der Waals surface area contributed by atoms with Crippen LogP contribution in [0.1, 0.15) is 29.7 Å². The number of ether oxygens (including phenoxy) is 2. The van der Waals surface area contributed by atoms with Crippen molar-refractivity contribution in [3.8, 4) is 0 Å². The lowest BCUT2D eigenvalue weighted by molar-refractivity contribution is -0.152. The Bertz CT molecular complexity index is 1050. The second kappa shape index (κ2) is 9.64. The standard InChI is InChI=1S/C24H26N4O4/c1-31-22(29)24(15-21-17-27(26-25-21)16-19-9-4-2-5-10-19)13-8-14-28(24)23(30)32-18-20-11-6-3-7-12-20/h2-7,9-12,17H,8,13-16,18H2,1H3/t24-/m1/s1. The minimum absolute atomic E-state index is 0.140. The molecular weight excluding hydrogens is 408 g/mol. The van der Waals surface area contributed by atoms with E-state index in [1.807, 2.05) is 66.9 Å². The molecule has 1 amide bonds. The average Bonchev–Trinajstić information content (AvgIpc) is 3.46. The molecule has 0 radical (unpaired) electrons. The maximum absolute atomic E-state index is 12.9. The molecule has 2 heterocycles. The zero-order valence-corrected chi connectivity index (χ0v) is 18.0. The lowest BCUT2D eigenvalue weighted by atomic mass is 9.90. The molecular formula is C24H26N4O4. The van der Waals surface area contributed by atoms with E-state index < -0.39 is 17.6 Å². The summed E-state index contributed by atoms with van der Waals surface area (Å²) in [7, 11) is 1.34. The smallest absolute Gasteiger partial charge is 0.411 e. The van der Waals surface area contributed by atoms with Crippen LogP contribution in [0.15, 0.2) is 66.9 Å². The van der Waals surface area contributed by atoms with Gasteiger partial charge in [-0.25, -0.2) is 14.3 Å². The lowest BCUT2D eigenvalue weighted by Crippen LogP contribution is -2.55. The number of likely N-dealkylation sites (tertiary alicyclic amines) is 1. The minimum atomic E-state index is -1.16. The van der Waals surface area contributed by atoms with Gasteiger partial charge in [0.05, 0.1) is 19.3 Å². The predicted molar refractivity (Wildman–Crippen MR) is 117 cm³/mol. The van der Waals surface area contributed by atoms with Crippen LogP contribution in [-0.4, -0.2) is 51.1 Å². The number of esters is 1. The van der Waals surface area contributed by atoms with Gasteiger partial charge >= 0.3 is 12.1 Å². The summed E-state index contributed by atoms with van der Waals surface area (Å²) >= 11 is 0. The number of carbonyl (C=O) groups excluding carboxylic acids is 2. The van der Waals surface area contributed by atoms with Crippen molar-refractivity contribution in [1.29, 1.82) is 0 Å². The summed E-state index contributed by atoms with van der Waals surface area (Å²) < 4.78 is 12.4. The number of benzene rings is 2. The first-order valence-corrected chi connectivity index (χ1v) is 10.6. The predicted octanol–water partition coefficient (Wildman–Crippen LogP) is 3.21. The number of aromatic nitrogens is 3. The maximum Gasteiger partial charge on any atom is 0.411 e. The van der Waals surface area contributed by atoms with E-state index in [9.17, 15) is 9.59 Å². The third-order valence-corrected chi connectivity index (χ3v) is 5.73. The van der Waals surface area contributed by atoms with Crippen molar-refractivity contribution in [2.24, 2.45) is 0 Å². The van der Waals surface area contributed by atoms with Gasteiger partial charge in [-0.15, -0.1) is 5.10 Å². The number of methoxy groups -OCH3 is 1. The Morgan fingerprint density at radius 2 is 1.72 bits per heavy atom. The highest BCUT2D eigenvalue weighted by Gasteiger charge is 2.52. The summed E-state index contributed by atoms with van der Waals surface area (Å²) in [5, 5.41) is 8.45. The molecule has 0 N–H and O–H groups in total. The Morgan fingerprint density at radius 1 is 1.03 bits per heavy atom. The van der Waals surface area contributed by atoms with Crippen LogP contribution in [0.3, 0.4) is 0 Å². The van der Waals surface area contributed by atoms with Gasteiger partial charge in [-0.2, -0.15) is 0 Å². The summed E-state index contributed by atoms with van der Waals surface area (Å²) in [5.74, 6) is -0.468. The Hall–Kier alpha value is -3.68. The maximum atomic E-state index is 12.9. The van der Waals surface area contributed by atoms with E-state index in [0.717, 1.165) is 11.1 Å². The molecule has 4 rings (SSSR count). The van der Waals surface area contributed by atoms with Crippen molar-refractivity contribution < 1.29 is 19.1 Å². The molecule has 8 nitrogen and oxygen atoms in total. The Morgan fingerprint density at radius 3 is 2.41 bits per heavy atom. The van der Waals surface area contributed by atoms with Crippen LogP contribution in [0.2, 0.25) is 0 Å². The summed E-state index contributed by atoms with van der Waals surface area (Å²) in [5.41, 5.74) is 1.44. The molecule has 0 unspecified atom stereocenters. The number of carbonyl (C=O) groups is 2. The highest BCUT2D eigenvalue weighted by atomic mass is 16.6. The first-order chi connectivity index (χ1) is 15.6. The number of amides is 1. The highest BCUT2D eigenvalue weighted by molar-refractivity contribution is 5.86. The Labute approximate surface area is 186 Å². The minimum Gasteiger partial charge on any atom is -0.467 e. The third-order valence-electron chi connectivity index (χ3n) is 5.73. The van der Waals surface area contributed by atoms with E-state index in [2.05, 4.69) is 10.3 Å². The van der Waals surface area contributed by atoms with Crippen LogP contribution >= 0.6 is 0 Å². The lowest BCUT2D eigenvalue weighted by Gasteiger charge is -2.34. The van der Waals surface area contributed by atoms with Crippen LogP contribution in [0.5, 0.6) is 0 Å². The highest BCUT2D eigenvalue weighted by Crippen LogP contribution is 2.34. The van der Waals surface area contributed by atoms with Crippen molar-refractivity contribution in [1.82, 2.24) is 19.9 Å². The van der Waals surface area contributed by atoms with Crippen molar-refractivity contribution in [2.45, 2.75) is 38.0 Å². The van der Waals surface area contributed by atoms with E-state index in [-0.39, 0.29) is 13.0 Å². The normalized spacial score (nSPS) is 17.8. The molecule has 32 heavy (non-hydrogen) atoms. The Balaban J connectivity index is 1.50. The zero-order valence-electron chi connectivity index (χ0n) is 18.0. The molecule has 1 aliphatic rings. The molecule has 0 bridgehead atoms. The summed E-state index contributed by atoms with van der Waals surface area (Å²) in [4.78, 5) is 27.3. The fourth-order valence-electron chi connectivity index (χ4n) is 4.17. The Kier molecular flexibility index (Phi) is 6.49. The van der Waals surface area contributed by atoms with E-state index in [0.29, 0.717) is 31.6 Å². The molecule has 0 saturated carbocycles. The van der Waals surface area contributed by atoms with Gasteiger partial charge in [0, 0.05) is 19.2 Å². The SMILES string of the molecule is COC(=O)[C@]1(Cc2cn(Cc3ccccc3)nn2)CCCN1C(=O)OCc1ccccc1. The molecule has 3 aromatic rings. The third kappa shape index (κ3) is 4.64. The average molecular weight is 434 g/mol. The van der Waals surface area contributed by atoms with E-state index in [1.165, 1.54) is 12.0 Å². The van der Waals surface area contributed by atoms with Gasteiger partial charge < -0.3 is 9.47 Å². The van der Waals surface area contributed by atoms with Crippen molar-refractivity contribution in [2.75, 3.05) is 13.7 Å². The number of hydrogen-bond donors (Lipinski definition) is 0. The van der Waals surface area contributed by atoms with Gasteiger partial charge in [-0.05, 0) is 24.0 Å². The molecule has 166 valence electrons. The molecule has 1 saturated heterocycles. The molecule has 2 aromatic carbocycles. The van der Waals surface area contributed by atoms with Crippen LogP contribution in [0.4, 0.5) is 4.79 Å². The quantitative estimate of drug-likeness (QED) is 0.531. The second-order valence-corrected chi connectivity index (χ2v) is 7.89. The van der Waals surface area contributed by atoms with Crippen LogP contribution < -0.4 is 0 Å². The van der Waals surface area contributed by atoms with Gasteiger partial charge in [-0.1, -0.05) is 65.9 Å². The molecule has 0 spiro atoms. The fourth-order valence-corrected chi connectivity index (χ4v) is 4.17. The largest absolute Gasteiger partial charge is 0.467 e. The van der Waals surface area contributed by atoms with E-state index >= 15 is 0 Å². The van der Waals surface area contributed by atoms with Gasteiger partial charge in [0.2, 0.25) is 0 Å². The van der Waals surface area contributed by atoms with Crippen molar-refractivity contribution >= 4 is 12.1 Å². The molecule has 1 aliphatic heterocycles. The van der Waals surface area contributed by atoms with Crippen LogP contribution in [0, 0.1) is 0 Å². The van der Waals surface area contributed by atoms with Crippen molar-refractivity contribution in [3.05, 3.63) is 83.7 Å². The summed E-state index contributed by atoms with van der Waals surface area (Å²) in [6.07, 6.45) is 2.64. The topological polar surface area (TPSA) is 86.6 Å². The van der Waals surface area contributed by atoms with Gasteiger partial charge in [0.1, 0.15) is 12.1 Å². The zero-order chi connectivity index (χ0) is 22.4. The summed E-state index contributed by atoms with van der Waals surface area (Å²) in [6.45, 7) is 1.13. The molecule has 8 heteroatoms. The second-order valence-electron chi connectivity index (χ2n) is 7.89. The fraction of sp³-hybridized carbons (Fsp3) is 0.333. The van der Waals surface area contributed by atoms with Crippen LogP contribution in [-0.2, 0) is 33.8 Å². The molecule has 1 fully saturated rings. The number of rotatable bonds is 7. The van der Waals surface area contributed by atoms with Gasteiger partial charge in [0.15, 0.2) is 0 Å². The van der Waals surface area contributed by atoms with E-state index in [4.69, 9.17) is 9.47 Å². The first-order valence-electron chi connectivity index (χ1n) is 10.6. The molecule has 1 atom stereocenters. The molecule has 1 aromatic heterocycles. The van der Waals surface area contributed by atoms with Gasteiger partial charge in [-0.3, -0.25) is 4.90 Å². The number of hydrogen-bond acceptors (Lipinski definition) is 6. The van der Waals surface area contributed by atoms with Crippen LogP contribution in [0.25, 0.3) is 0 Å². The monoisotopic (exact) mass is 434 g/mol. The van der Waals surface area contributed by atoms with Gasteiger partial charge in [0.25, 0.3) is 0 Å². The summed E-state index contributed by atoms with van der Waals surface area (Å²) in [6, 6.07) is 19.4. The number of nitrogens with zero attached hydrogens (tertiary/aromatic N) is 4. The van der Waals surface area contributed by atoms with Crippen molar-refractivity contribution in [3.63, 3.8) is 0 Å². The first kappa shape index (κ1) is 21.5. The molecule has 0 aliphatic carbocycles.